The SMILES string of the molecule is O=c1[nH][nH]c(N[C@@H]2CCCNC2)c1-c1nc2cccc(C(F)(F)F)c2s1. The smallest absolute Gasteiger partial charge is 0.366 e. The highest BCUT2D eigenvalue weighted by molar-refractivity contribution is 7.21. The molecule has 138 valence electrons. The van der Waals surface area contributed by atoms with Crippen LogP contribution >= 0.6 is 11.3 Å². The van der Waals surface area contributed by atoms with Crippen molar-refractivity contribution in [1.29, 1.82) is 0 Å². The Bertz CT molecular complexity index is 984. The quantitative estimate of drug-likeness (QED) is 0.560. The van der Waals surface area contributed by atoms with E-state index < -0.39 is 17.3 Å². The number of hydrogen-bond acceptors (Lipinski definition) is 5. The molecule has 0 bridgehead atoms. The predicted molar refractivity (Wildman–Crippen MR) is 94.5 cm³/mol. The van der Waals surface area contributed by atoms with Crippen molar-refractivity contribution in [3.63, 3.8) is 0 Å². The number of aromatic amines is 2. The molecular formula is C16H16F3N5OS. The molecule has 0 saturated carbocycles. The summed E-state index contributed by atoms with van der Waals surface area (Å²) in [7, 11) is 0. The Morgan fingerprint density at radius 3 is 2.85 bits per heavy atom. The second-order valence-electron chi connectivity index (χ2n) is 6.19. The average molecular weight is 383 g/mol. The summed E-state index contributed by atoms with van der Waals surface area (Å²) in [5, 5.41) is 12.0. The molecule has 0 unspecified atom stereocenters. The van der Waals surface area contributed by atoms with Crippen LogP contribution in [0.3, 0.4) is 0 Å². The Balaban J connectivity index is 1.76. The van der Waals surface area contributed by atoms with Gasteiger partial charge >= 0.3 is 6.18 Å². The molecule has 26 heavy (non-hydrogen) atoms. The van der Waals surface area contributed by atoms with Crippen LogP contribution in [-0.2, 0) is 6.18 Å². The highest BCUT2D eigenvalue weighted by Gasteiger charge is 2.34. The highest BCUT2D eigenvalue weighted by atomic mass is 32.1. The number of nitrogens with one attached hydrogen (secondary N) is 4. The van der Waals surface area contributed by atoms with Crippen molar-refractivity contribution in [2.75, 3.05) is 18.4 Å². The number of hydrogen-bond donors (Lipinski definition) is 4. The number of H-pyrrole nitrogens is 2. The Kier molecular flexibility index (Phi) is 4.23. The first-order valence-corrected chi connectivity index (χ1v) is 9.00. The van der Waals surface area contributed by atoms with Crippen molar-refractivity contribution < 1.29 is 13.2 Å². The lowest BCUT2D eigenvalue weighted by Gasteiger charge is -2.24. The first-order chi connectivity index (χ1) is 12.4. The zero-order chi connectivity index (χ0) is 18.3. The summed E-state index contributed by atoms with van der Waals surface area (Å²) < 4.78 is 39.7. The van der Waals surface area contributed by atoms with Crippen LogP contribution < -0.4 is 16.2 Å². The molecule has 1 fully saturated rings. The van der Waals surface area contributed by atoms with Gasteiger partial charge < -0.3 is 10.6 Å². The van der Waals surface area contributed by atoms with Gasteiger partial charge in [-0.1, -0.05) is 6.07 Å². The maximum atomic E-state index is 13.2. The Hall–Kier alpha value is -2.33. The number of thiazole rings is 1. The highest BCUT2D eigenvalue weighted by Crippen LogP contribution is 2.40. The summed E-state index contributed by atoms with van der Waals surface area (Å²) in [6, 6.07) is 4.00. The molecule has 0 aliphatic carbocycles. The van der Waals surface area contributed by atoms with E-state index in [0.29, 0.717) is 5.82 Å². The molecule has 0 amide bonds. The summed E-state index contributed by atoms with van der Waals surface area (Å²) in [5.74, 6) is 0.455. The van der Waals surface area contributed by atoms with E-state index in [2.05, 4.69) is 25.8 Å². The van der Waals surface area contributed by atoms with Crippen molar-refractivity contribution in [3.05, 3.63) is 34.1 Å². The number of piperidine rings is 1. The second-order valence-corrected chi connectivity index (χ2v) is 7.19. The van der Waals surface area contributed by atoms with Gasteiger partial charge in [-0.25, -0.2) is 4.98 Å². The summed E-state index contributed by atoms with van der Waals surface area (Å²) >= 11 is 0.872. The van der Waals surface area contributed by atoms with Gasteiger partial charge in [0.25, 0.3) is 5.56 Å². The topological polar surface area (TPSA) is 85.6 Å². The number of rotatable bonds is 3. The number of alkyl halides is 3. The fourth-order valence-electron chi connectivity index (χ4n) is 3.13. The summed E-state index contributed by atoms with van der Waals surface area (Å²) in [4.78, 5) is 16.5. The molecule has 2 aromatic heterocycles. The molecular weight excluding hydrogens is 367 g/mol. The molecule has 1 atom stereocenters. The van der Waals surface area contributed by atoms with E-state index in [9.17, 15) is 18.0 Å². The van der Waals surface area contributed by atoms with Crippen molar-refractivity contribution in [1.82, 2.24) is 20.5 Å². The lowest BCUT2D eigenvalue weighted by Crippen LogP contribution is -2.38. The van der Waals surface area contributed by atoms with E-state index in [1.54, 1.807) is 0 Å². The van der Waals surface area contributed by atoms with E-state index in [4.69, 9.17) is 0 Å². The number of nitrogens with zero attached hydrogens (tertiary/aromatic N) is 1. The molecule has 1 aromatic carbocycles. The summed E-state index contributed by atoms with van der Waals surface area (Å²) in [6.45, 7) is 1.71. The minimum atomic E-state index is -4.47. The van der Waals surface area contributed by atoms with Gasteiger partial charge in [0.05, 0.1) is 15.8 Å². The molecule has 4 rings (SSSR count). The lowest BCUT2D eigenvalue weighted by atomic mass is 10.1. The molecule has 0 spiro atoms. The fraction of sp³-hybridized carbons (Fsp3) is 0.375. The van der Waals surface area contributed by atoms with Gasteiger partial charge in [-0.15, -0.1) is 11.3 Å². The van der Waals surface area contributed by atoms with Gasteiger partial charge in [0.15, 0.2) is 0 Å². The number of halogens is 3. The third-order valence-corrected chi connectivity index (χ3v) is 5.48. The van der Waals surface area contributed by atoms with Crippen LogP contribution in [0.5, 0.6) is 0 Å². The minimum Gasteiger partial charge on any atom is -0.366 e. The monoisotopic (exact) mass is 383 g/mol. The number of aromatic nitrogens is 3. The zero-order valence-corrected chi connectivity index (χ0v) is 14.4. The van der Waals surface area contributed by atoms with Crippen molar-refractivity contribution in [2.24, 2.45) is 0 Å². The number of fused-ring (bicyclic) bond motifs is 1. The fourth-order valence-corrected chi connectivity index (χ4v) is 4.27. The second kappa shape index (κ2) is 6.44. The van der Waals surface area contributed by atoms with Gasteiger partial charge in [0.2, 0.25) is 0 Å². The summed E-state index contributed by atoms with van der Waals surface area (Å²) in [5.41, 5.74) is -0.684. The van der Waals surface area contributed by atoms with E-state index in [1.807, 2.05) is 0 Å². The Morgan fingerprint density at radius 2 is 2.12 bits per heavy atom. The third-order valence-electron chi connectivity index (χ3n) is 4.36. The molecule has 1 aliphatic rings. The van der Waals surface area contributed by atoms with Gasteiger partial charge in [0.1, 0.15) is 16.4 Å². The summed E-state index contributed by atoms with van der Waals surface area (Å²) in [6.07, 6.45) is -2.52. The number of benzene rings is 1. The first-order valence-electron chi connectivity index (χ1n) is 8.18. The zero-order valence-electron chi connectivity index (χ0n) is 13.5. The van der Waals surface area contributed by atoms with E-state index >= 15 is 0 Å². The van der Waals surface area contributed by atoms with Gasteiger partial charge in [0, 0.05) is 12.6 Å². The van der Waals surface area contributed by atoms with Gasteiger partial charge in [-0.05, 0) is 31.5 Å². The van der Waals surface area contributed by atoms with Crippen LogP contribution in [0.4, 0.5) is 19.0 Å². The minimum absolute atomic E-state index is 0.0286. The molecule has 4 N–H and O–H groups in total. The average Bonchev–Trinajstić information content (AvgIpc) is 3.17. The van der Waals surface area contributed by atoms with Crippen LogP contribution in [0.1, 0.15) is 18.4 Å². The molecule has 6 nitrogen and oxygen atoms in total. The van der Waals surface area contributed by atoms with Crippen LogP contribution in [0.15, 0.2) is 23.0 Å². The maximum Gasteiger partial charge on any atom is 0.417 e. The molecule has 3 aromatic rings. The van der Waals surface area contributed by atoms with Crippen LogP contribution in [0.2, 0.25) is 0 Å². The van der Waals surface area contributed by atoms with Gasteiger partial charge in [-0.2, -0.15) is 13.2 Å². The number of anilines is 1. The molecule has 1 saturated heterocycles. The van der Waals surface area contributed by atoms with Crippen molar-refractivity contribution in [3.8, 4) is 10.6 Å². The van der Waals surface area contributed by atoms with E-state index in [1.165, 1.54) is 12.1 Å². The van der Waals surface area contributed by atoms with E-state index in [-0.39, 0.29) is 26.8 Å². The van der Waals surface area contributed by atoms with Crippen LogP contribution in [0, 0.1) is 0 Å². The normalized spacial score (nSPS) is 18.3. The maximum absolute atomic E-state index is 13.2. The molecule has 0 radical (unpaired) electrons. The largest absolute Gasteiger partial charge is 0.417 e. The molecule has 1 aliphatic heterocycles. The Morgan fingerprint density at radius 1 is 1.27 bits per heavy atom. The van der Waals surface area contributed by atoms with Crippen molar-refractivity contribution in [2.45, 2.75) is 25.1 Å². The predicted octanol–water partition coefficient (Wildman–Crippen LogP) is 3.16. The first kappa shape index (κ1) is 17.1. The van der Waals surface area contributed by atoms with Crippen LogP contribution in [-0.4, -0.2) is 34.3 Å². The van der Waals surface area contributed by atoms with Gasteiger partial charge in [-0.3, -0.25) is 15.0 Å². The van der Waals surface area contributed by atoms with E-state index in [0.717, 1.165) is 43.3 Å². The van der Waals surface area contributed by atoms with Crippen molar-refractivity contribution >= 4 is 27.4 Å². The standard InChI is InChI=1S/C16H16F3N5OS/c17-16(18,19)9-4-1-5-10-12(9)26-15(22-10)11-13(23-24-14(11)25)21-8-3-2-6-20-7-8/h1,4-5,8,20H,2-3,6-7H2,(H3,21,23,24,25)/t8-/m1/s1. The van der Waals surface area contributed by atoms with Crippen LogP contribution in [0.25, 0.3) is 20.8 Å². The molecule has 10 heteroatoms. The molecule has 3 heterocycles. The Labute approximate surface area is 149 Å². The third kappa shape index (κ3) is 3.10. The lowest BCUT2D eigenvalue weighted by molar-refractivity contribution is -0.136.